The first-order valence-electron chi connectivity index (χ1n) is 3.64. The van der Waals surface area contributed by atoms with Gasteiger partial charge in [-0.3, -0.25) is 0 Å². The normalized spacial score (nSPS) is 13.8. The summed E-state index contributed by atoms with van der Waals surface area (Å²) in [5.74, 6) is -0.645. The van der Waals surface area contributed by atoms with E-state index >= 15 is 0 Å². The third-order valence-electron chi connectivity index (χ3n) is 1.28. The number of aliphatic hydroxyl groups is 1. The van der Waals surface area contributed by atoms with E-state index in [0.717, 1.165) is 0 Å². The number of nitriles is 1. The molecule has 0 spiro atoms. The zero-order valence-corrected chi connectivity index (χ0v) is 6.84. The fraction of sp³-hybridized carbons (Fsp3) is 0.857. The maximum atomic E-state index is 11.5. The third kappa shape index (κ3) is 7.56. The van der Waals surface area contributed by atoms with E-state index in [4.69, 9.17) is 10.4 Å². The van der Waals surface area contributed by atoms with Gasteiger partial charge >= 0.3 is 6.18 Å². The highest BCUT2D eigenvalue weighted by molar-refractivity contribution is 4.81. The van der Waals surface area contributed by atoms with E-state index in [1.807, 2.05) is 0 Å². The zero-order chi connectivity index (χ0) is 10.3. The molecule has 13 heavy (non-hydrogen) atoms. The van der Waals surface area contributed by atoms with Crippen molar-refractivity contribution in [2.24, 2.45) is 5.92 Å². The SMILES string of the molecule is N#CC(CO)CCOCC(F)(F)F. The summed E-state index contributed by atoms with van der Waals surface area (Å²) in [6.45, 7) is -1.83. The molecular formula is C7H10F3NO2. The van der Waals surface area contributed by atoms with Crippen molar-refractivity contribution in [3.63, 3.8) is 0 Å². The van der Waals surface area contributed by atoms with Crippen LogP contribution in [-0.2, 0) is 4.74 Å². The predicted molar refractivity (Wildman–Crippen MR) is 37.7 cm³/mol. The molecule has 0 radical (unpaired) electrons. The summed E-state index contributed by atoms with van der Waals surface area (Å²) >= 11 is 0. The van der Waals surface area contributed by atoms with E-state index in [1.165, 1.54) is 0 Å². The minimum Gasteiger partial charge on any atom is -0.395 e. The smallest absolute Gasteiger partial charge is 0.395 e. The monoisotopic (exact) mass is 197 g/mol. The largest absolute Gasteiger partial charge is 0.411 e. The van der Waals surface area contributed by atoms with E-state index in [2.05, 4.69) is 4.74 Å². The Morgan fingerprint density at radius 3 is 2.46 bits per heavy atom. The van der Waals surface area contributed by atoms with Gasteiger partial charge in [-0.05, 0) is 6.42 Å². The highest BCUT2D eigenvalue weighted by Crippen LogP contribution is 2.14. The van der Waals surface area contributed by atoms with Crippen molar-refractivity contribution in [2.45, 2.75) is 12.6 Å². The van der Waals surface area contributed by atoms with Crippen LogP contribution in [-0.4, -0.2) is 31.1 Å². The number of aliphatic hydroxyl groups excluding tert-OH is 1. The quantitative estimate of drug-likeness (QED) is 0.671. The molecule has 0 bridgehead atoms. The summed E-state index contributed by atoms with van der Waals surface area (Å²) in [5.41, 5.74) is 0. The van der Waals surface area contributed by atoms with Crippen molar-refractivity contribution < 1.29 is 23.0 Å². The number of rotatable bonds is 5. The van der Waals surface area contributed by atoms with Crippen LogP contribution in [0.25, 0.3) is 0 Å². The minimum absolute atomic E-state index is 0.114. The molecule has 0 amide bonds. The van der Waals surface area contributed by atoms with Crippen LogP contribution in [0.2, 0.25) is 0 Å². The van der Waals surface area contributed by atoms with Crippen LogP contribution in [0.5, 0.6) is 0 Å². The molecule has 0 aromatic heterocycles. The van der Waals surface area contributed by atoms with Crippen LogP contribution in [0.15, 0.2) is 0 Å². The number of alkyl halides is 3. The molecule has 1 unspecified atom stereocenters. The third-order valence-corrected chi connectivity index (χ3v) is 1.28. The van der Waals surface area contributed by atoms with Gasteiger partial charge in [0.05, 0.1) is 18.6 Å². The van der Waals surface area contributed by atoms with Gasteiger partial charge < -0.3 is 9.84 Å². The molecule has 0 saturated carbocycles. The molecule has 0 aliphatic carbocycles. The highest BCUT2D eigenvalue weighted by Gasteiger charge is 2.27. The molecule has 0 aliphatic heterocycles. The summed E-state index contributed by atoms with van der Waals surface area (Å²) in [6, 6.07) is 1.74. The number of ether oxygens (including phenoxy) is 1. The first-order chi connectivity index (χ1) is 5.99. The molecule has 3 nitrogen and oxygen atoms in total. The second kappa shape index (κ2) is 5.78. The van der Waals surface area contributed by atoms with Crippen molar-refractivity contribution in [2.75, 3.05) is 19.8 Å². The van der Waals surface area contributed by atoms with Gasteiger partial charge in [0, 0.05) is 6.61 Å². The van der Waals surface area contributed by atoms with Crippen LogP contribution in [0, 0.1) is 17.2 Å². The van der Waals surface area contributed by atoms with Crippen molar-refractivity contribution >= 4 is 0 Å². The zero-order valence-electron chi connectivity index (χ0n) is 6.84. The van der Waals surface area contributed by atoms with Gasteiger partial charge in [0.1, 0.15) is 6.61 Å². The number of hydrogen-bond acceptors (Lipinski definition) is 3. The second-order valence-corrected chi connectivity index (χ2v) is 2.47. The Kier molecular flexibility index (Phi) is 5.42. The second-order valence-electron chi connectivity index (χ2n) is 2.47. The van der Waals surface area contributed by atoms with Crippen LogP contribution in [0.4, 0.5) is 13.2 Å². The average molecular weight is 197 g/mol. The highest BCUT2D eigenvalue weighted by atomic mass is 19.4. The lowest BCUT2D eigenvalue weighted by Gasteiger charge is -2.08. The fourth-order valence-corrected chi connectivity index (χ4v) is 0.610. The Morgan fingerprint density at radius 1 is 1.46 bits per heavy atom. The van der Waals surface area contributed by atoms with Crippen LogP contribution in [0.1, 0.15) is 6.42 Å². The summed E-state index contributed by atoms with van der Waals surface area (Å²) in [4.78, 5) is 0. The van der Waals surface area contributed by atoms with E-state index in [0.29, 0.717) is 0 Å². The molecule has 0 aromatic carbocycles. The van der Waals surface area contributed by atoms with E-state index in [9.17, 15) is 13.2 Å². The van der Waals surface area contributed by atoms with Gasteiger partial charge in [-0.2, -0.15) is 18.4 Å². The van der Waals surface area contributed by atoms with Crippen molar-refractivity contribution in [3.8, 4) is 6.07 Å². The fourth-order valence-electron chi connectivity index (χ4n) is 0.610. The van der Waals surface area contributed by atoms with Crippen molar-refractivity contribution in [1.82, 2.24) is 0 Å². The molecule has 0 aliphatic rings. The Balaban J connectivity index is 3.41. The predicted octanol–water partition coefficient (Wildman–Crippen LogP) is 1.09. The lowest BCUT2D eigenvalue weighted by Crippen LogP contribution is -2.18. The molecule has 0 aromatic rings. The minimum atomic E-state index is -4.33. The standard InChI is InChI=1S/C7H10F3NO2/c8-7(9,10)5-13-2-1-6(3-11)4-12/h6,12H,1-2,4-5H2. The van der Waals surface area contributed by atoms with Crippen molar-refractivity contribution in [1.29, 1.82) is 5.26 Å². The van der Waals surface area contributed by atoms with E-state index < -0.39 is 18.7 Å². The molecule has 0 fully saturated rings. The molecule has 0 saturated heterocycles. The molecule has 76 valence electrons. The Morgan fingerprint density at radius 2 is 2.08 bits per heavy atom. The molecule has 6 heteroatoms. The first kappa shape index (κ1) is 12.2. The molecular weight excluding hydrogens is 187 g/mol. The average Bonchev–Trinajstić information content (AvgIpc) is 2.03. The van der Waals surface area contributed by atoms with Gasteiger partial charge in [0.15, 0.2) is 0 Å². The van der Waals surface area contributed by atoms with Crippen LogP contribution >= 0.6 is 0 Å². The van der Waals surface area contributed by atoms with Crippen LogP contribution < -0.4 is 0 Å². The maximum Gasteiger partial charge on any atom is 0.411 e. The lowest BCUT2D eigenvalue weighted by molar-refractivity contribution is -0.174. The van der Waals surface area contributed by atoms with Gasteiger partial charge in [-0.15, -0.1) is 0 Å². The van der Waals surface area contributed by atoms with Gasteiger partial charge in [-0.1, -0.05) is 0 Å². The Bertz CT molecular complexity index is 176. The van der Waals surface area contributed by atoms with E-state index in [-0.39, 0.29) is 19.6 Å². The van der Waals surface area contributed by atoms with Gasteiger partial charge in [0.2, 0.25) is 0 Å². The van der Waals surface area contributed by atoms with Crippen LogP contribution in [0.3, 0.4) is 0 Å². The number of nitrogens with zero attached hydrogens (tertiary/aromatic N) is 1. The molecule has 0 heterocycles. The van der Waals surface area contributed by atoms with Gasteiger partial charge in [0.25, 0.3) is 0 Å². The number of hydrogen-bond donors (Lipinski definition) is 1. The number of halogens is 3. The van der Waals surface area contributed by atoms with Gasteiger partial charge in [-0.25, -0.2) is 0 Å². The Labute approximate surface area is 73.7 Å². The summed E-state index contributed by atoms with van der Waals surface area (Å²) < 4.78 is 38.8. The summed E-state index contributed by atoms with van der Waals surface area (Å²) in [7, 11) is 0. The van der Waals surface area contributed by atoms with Crippen molar-refractivity contribution in [3.05, 3.63) is 0 Å². The summed E-state index contributed by atoms with van der Waals surface area (Å²) in [5, 5.41) is 16.8. The Hall–Kier alpha value is -0.800. The summed E-state index contributed by atoms with van der Waals surface area (Å²) in [6.07, 6.45) is -4.22. The molecule has 1 N–H and O–H groups in total. The molecule has 1 atom stereocenters. The maximum absolute atomic E-state index is 11.5. The molecule has 0 rings (SSSR count). The lowest BCUT2D eigenvalue weighted by atomic mass is 10.1. The topological polar surface area (TPSA) is 53.2 Å². The first-order valence-corrected chi connectivity index (χ1v) is 3.64. The van der Waals surface area contributed by atoms with E-state index in [1.54, 1.807) is 6.07 Å².